The number of hydrogen-bond acceptors (Lipinski definition) is 2. The highest BCUT2D eigenvalue weighted by Crippen LogP contribution is 2.24. The molecular formula is C17H13BrN2O. The number of carbonyl (C=O) groups is 1. The van der Waals surface area contributed by atoms with Crippen molar-refractivity contribution in [3.63, 3.8) is 0 Å². The zero-order valence-electron chi connectivity index (χ0n) is 11.4. The Bertz CT molecular complexity index is 830. The first-order chi connectivity index (χ1) is 10.1. The molecule has 0 bridgehead atoms. The Kier molecular flexibility index (Phi) is 3.71. The fourth-order valence-corrected chi connectivity index (χ4v) is 2.73. The Morgan fingerprint density at radius 3 is 2.81 bits per heavy atom. The summed E-state index contributed by atoms with van der Waals surface area (Å²) >= 11 is 3.46. The molecule has 0 aliphatic carbocycles. The SMILES string of the molecule is Cc1ccc(NC(=O)c2ccc3ncccc3c2)c(Br)c1. The van der Waals surface area contributed by atoms with Crippen LogP contribution in [0.3, 0.4) is 0 Å². The van der Waals surface area contributed by atoms with E-state index >= 15 is 0 Å². The van der Waals surface area contributed by atoms with Gasteiger partial charge >= 0.3 is 0 Å². The van der Waals surface area contributed by atoms with E-state index in [0.29, 0.717) is 5.56 Å². The van der Waals surface area contributed by atoms with Gasteiger partial charge in [0.25, 0.3) is 5.91 Å². The van der Waals surface area contributed by atoms with E-state index in [-0.39, 0.29) is 5.91 Å². The van der Waals surface area contributed by atoms with Crippen LogP contribution in [0.25, 0.3) is 10.9 Å². The molecule has 3 nitrogen and oxygen atoms in total. The van der Waals surface area contributed by atoms with Gasteiger partial charge in [0, 0.05) is 21.6 Å². The second kappa shape index (κ2) is 5.66. The number of benzene rings is 2. The fourth-order valence-electron chi connectivity index (χ4n) is 2.13. The molecule has 0 atom stereocenters. The molecule has 1 amide bonds. The lowest BCUT2D eigenvalue weighted by molar-refractivity contribution is 0.102. The molecule has 0 unspecified atom stereocenters. The maximum atomic E-state index is 12.3. The minimum Gasteiger partial charge on any atom is -0.321 e. The van der Waals surface area contributed by atoms with Crippen molar-refractivity contribution < 1.29 is 4.79 Å². The van der Waals surface area contributed by atoms with Gasteiger partial charge in [0.05, 0.1) is 11.2 Å². The van der Waals surface area contributed by atoms with Gasteiger partial charge in [-0.1, -0.05) is 12.1 Å². The number of hydrogen-bond donors (Lipinski definition) is 1. The Labute approximate surface area is 131 Å². The molecule has 21 heavy (non-hydrogen) atoms. The number of rotatable bonds is 2. The van der Waals surface area contributed by atoms with Crippen molar-refractivity contribution >= 4 is 38.4 Å². The van der Waals surface area contributed by atoms with Crippen molar-refractivity contribution in [1.29, 1.82) is 0 Å². The number of amides is 1. The average Bonchev–Trinajstić information content (AvgIpc) is 2.49. The van der Waals surface area contributed by atoms with E-state index in [9.17, 15) is 4.79 Å². The molecule has 0 spiro atoms. The zero-order valence-corrected chi connectivity index (χ0v) is 13.0. The maximum absolute atomic E-state index is 12.3. The third-order valence-electron chi connectivity index (χ3n) is 3.24. The van der Waals surface area contributed by atoms with E-state index in [0.717, 1.165) is 26.6 Å². The summed E-state index contributed by atoms with van der Waals surface area (Å²) in [6, 6.07) is 15.1. The molecule has 0 saturated heterocycles. The van der Waals surface area contributed by atoms with Crippen LogP contribution in [0.4, 0.5) is 5.69 Å². The molecule has 0 saturated carbocycles. The third kappa shape index (κ3) is 2.95. The predicted molar refractivity (Wildman–Crippen MR) is 88.6 cm³/mol. The van der Waals surface area contributed by atoms with Gasteiger partial charge in [0.15, 0.2) is 0 Å². The van der Waals surface area contributed by atoms with Crippen LogP contribution in [-0.2, 0) is 0 Å². The highest BCUT2D eigenvalue weighted by atomic mass is 79.9. The Balaban J connectivity index is 1.89. The van der Waals surface area contributed by atoms with Gasteiger partial charge in [0.1, 0.15) is 0 Å². The number of nitrogens with one attached hydrogen (secondary N) is 1. The van der Waals surface area contributed by atoms with Crippen LogP contribution in [0.2, 0.25) is 0 Å². The summed E-state index contributed by atoms with van der Waals surface area (Å²) in [4.78, 5) is 16.6. The number of nitrogens with zero attached hydrogens (tertiary/aromatic N) is 1. The smallest absolute Gasteiger partial charge is 0.255 e. The minimum absolute atomic E-state index is 0.134. The van der Waals surface area contributed by atoms with Crippen molar-refractivity contribution in [2.75, 3.05) is 5.32 Å². The average molecular weight is 341 g/mol. The van der Waals surface area contributed by atoms with E-state index in [4.69, 9.17) is 0 Å². The highest BCUT2D eigenvalue weighted by molar-refractivity contribution is 9.10. The lowest BCUT2D eigenvalue weighted by Crippen LogP contribution is -2.12. The first-order valence-corrected chi connectivity index (χ1v) is 7.35. The first-order valence-electron chi connectivity index (χ1n) is 6.56. The second-order valence-corrected chi connectivity index (χ2v) is 5.70. The van der Waals surface area contributed by atoms with Crippen LogP contribution in [0.5, 0.6) is 0 Å². The number of anilines is 1. The van der Waals surface area contributed by atoms with Crippen LogP contribution in [0.15, 0.2) is 59.2 Å². The van der Waals surface area contributed by atoms with Crippen molar-refractivity contribution in [2.45, 2.75) is 6.92 Å². The quantitative estimate of drug-likeness (QED) is 0.743. The van der Waals surface area contributed by atoms with Gasteiger partial charge < -0.3 is 5.32 Å². The topological polar surface area (TPSA) is 42.0 Å². The molecule has 1 N–H and O–H groups in total. The molecule has 104 valence electrons. The summed E-state index contributed by atoms with van der Waals surface area (Å²) in [5.41, 5.74) is 3.39. The first kappa shape index (κ1) is 13.8. The van der Waals surface area contributed by atoms with Crippen LogP contribution < -0.4 is 5.32 Å². The van der Waals surface area contributed by atoms with Gasteiger partial charge in [-0.3, -0.25) is 9.78 Å². The van der Waals surface area contributed by atoms with Crippen LogP contribution in [0, 0.1) is 6.92 Å². The Morgan fingerprint density at radius 2 is 2.00 bits per heavy atom. The van der Waals surface area contributed by atoms with Gasteiger partial charge in [-0.05, 0) is 64.8 Å². The number of pyridine rings is 1. The Morgan fingerprint density at radius 1 is 1.14 bits per heavy atom. The number of aryl methyl sites for hydroxylation is 1. The molecule has 3 aromatic rings. The van der Waals surface area contributed by atoms with Crippen molar-refractivity contribution in [3.05, 3.63) is 70.3 Å². The number of fused-ring (bicyclic) bond motifs is 1. The van der Waals surface area contributed by atoms with E-state index in [1.54, 1.807) is 12.3 Å². The van der Waals surface area contributed by atoms with Crippen molar-refractivity contribution in [3.8, 4) is 0 Å². The van der Waals surface area contributed by atoms with Gasteiger partial charge in [-0.25, -0.2) is 0 Å². The van der Waals surface area contributed by atoms with Gasteiger partial charge in [0.2, 0.25) is 0 Å². The van der Waals surface area contributed by atoms with Crippen molar-refractivity contribution in [1.82, 2.24) is 4.98 Å². The fraction of sp³-hybridized carbons (Fsp3) is 0.0588. The van der Waals surface area contributed by atoms with Gasteiger partial charge in [-0.15, -0.1) is 0 Å². The molecule has 0 fully saturated rings. The lowest BCUT2D eigenvalue weighted by atomic mass is 10.1. The molecule has 3 rings (SSSR count). The third-order valence-corrected chi connectivity index (χ3v) is 3.89. The Hall–Kier alpha value is -2.20. The molecule has 0 radical (unpaired) electrons. The molecular weight excluding hydrogens is 328 g/mol. The van der Waals surface area contributed by atoms with E-state index in [2.05, 4.69) is 26.2 Å². The molecule has 1 heterocycles. The highest BCUT2D eigenvalue weighted by Gasteiger charge is 2.09. The van der Waals surface area contributed by atoms with Crippen LogP contribution >= 0.6 is 15.9 Å². The summed E-state index contributed by atoms with van der Waals surface area (Å²) in [5, 5.41) is 3.86. The molecule has 0 aliphatic rings. The summed E-state index contributed by atoms with van der Waals surface area (Å²) in [7, 11) is 0. The van der Waals surface area contributed by atoms with Crippen LogP contribution in [0.1, 0.15) is 15.9 Å². The molecule has 1 aromatic heterocycles. The van der Waals surface area contributed by atoms with Crippen molar-refractivity contribution in [2.24, 2.45) is 0 Å². The molecule has 4 heteroatoms. The van der Waals surface area contributed by atoms with Gasteiger partial charge in [-0.2, -0.15) is 0 Å². The molecule has 2 aromatic carbocycles. The molecule has 0 aliphatic heterocycles. The normalized spacial score (nSPS) is 10.6. The zero-order chi connectivity index (χ0) is 14.8. The second-order valence-electron chi connectivity index (χ2n) is 4.85. The lowest BCUT2D eigenvalue weighted by Gasteiger charge is -2.08. The van der Waals surface area contributed by atoms with E-state index < -0.39 is 0 Å². The van der Waals surface area contributed by atoms with E-state index in [1.807, 2.05) is 49.4 Å². The summed E-state index contributed by atoms with van der Waals surface area (Å²) in [5.74, 6) is -0.134. The maximum Gasteiger partial charge on any atom is 0.255 e. The monoisotopic (exact) mass is 340 g/mol. The minimum atomic E-state index is -0.134. The number of carbonyl (C=O) groups excluding carboxylic acids is 1. The summed E-state index contributed by atoms with van der Waals surface area (Å²) in [6.45, 7) is 2.01. The van der Waals surface area contributed by atoms with E-state index in [1.165, 1.54) is 0 Å². The number of aromatic nitrogens is 1. The summed E-state index contributed by atoms with van der Waals surface area (Å²) in [6.07, 6.45) is 1.74. The predicted octanol–water partition coefficient (Wildman–Crippen LogP) is 4.56. The number of halogens is 1. The standard InChI is InChI=1S/C17H13BrN2O/c1-11-4-6-16(14(18)9-11)20-17(21)13-5-7-15-12(10-13)3-2-8-19-15/h2-10H,1H3,(H,20,21). The largest absolute Gasteiger partial charge is 0.321 e. The summed E-state index contributed by atoms with van der Waals surface area (Å²) < 4.78 is 0.873. The van der Waals surface area contributed by atoms with Crippen LogP contribution in [-0.4, -0.2) is 10.9 Å².